The lowest BCUT2D eigenvalue weighted by molar-refractivity contribution is -0.144. The fourth-order valence-corrected chi connectivity index (χ4v) is 1.25. The molecule has 0 heterocycles. The summed E-state index contributed by atoms with van der Waals surface area (Å²) >= 11 is 0. The molecule has 4 heteroatoms. The molecule has 0 aliphatic heterocycles. The lowest BCUT2D eigenvalue weighted by Gasteiger charge is -2.11. The molecule has 2 atom stereocenters. The molecule has 0 aromatic heterocycles. The SMILES string of the molecule is COC(OC)C1CC1C(=O)O. The third-order valence-electron chi connectivity index (χ3n) is 1.97. The van der Waals surface area contributed by atoms with E-state index >= 15 is 0 Å². The minimum absolute atomic E-state index is 0.0440. The Balaban J connectivity index is 2.35. The van der Waals surface area contributed by atoms with Gasteiger partial charge in [-0.1, -0.05) is 0 Å². The Kier molecular flexibility index (Phi) is 2.46. The minimum atomic E-state index is -0.755. The van der Waals surface area contributed by atoms with Gasteiger partial charge < -0.3 is 14.6 Å². The van der Waals surface area contributed by atoms with Crippen LogP contribution in [0.1, 0.15) is 6.42 Å². The van der Waals surface area contributed by atoms with E-state index in [2.05, 4.69) is 0 Å². The van der Waals surface area contributed by atoms with Crippen molar-refractivity contribution in [3.63, 3.8) is 0 Å². The number of carboxylic acid groups (broad SMARTS) is 1. The molecule has 0 saturated heterocycles. The molecule has 1 aliphatic rings. The van der Waals surface area contributed by atoms with Gasteiger partial charge in [-0.05, 0) is 6.42 Å². The summed E-state index contributed by atoms with van der Waals surface area (Å²) in [5.74, 6) is -0.975. The molecule has 1 rings (SSSR count). The maximum absolute atomic E-state index is 10.4. The van der Waals surface area contributed by atoms with Crippen molar-refractivity contribution >= 4 is 5.97 Å². The largest absolute Gasteiger partial charge is 0.481 e. The van der Waals surface area contributed by atoms with Crippen LogP contribution >= 0.6 is 0 Å². The molecule has 1 saturated carbocycles. The predicted octanol–water partition coefficient (Wildman–Crippen LogP) is 0.326. The van der Waals surface area contributed by atoms with Crippen LogP contribution in [0.5, 0.6) is 0 Å². The Labute approximate surface area is 65.1 Å². The normalized spacial score (nSPS) is 29.0. The zero-order valence-corrected chi connectivity index (χ0v) is 6.61. The van der Waals surface area contributed by atoms with Crippen LogP contribution < -0.4 is 0 Å². The fourth-order valence-electron chi connectivity index (χ4n) is 1.25. The van der Waals surface area contributed by atoms with Gasteiger partial charge in [0.2, 0.25) is 0 Å². The third-order valence-corrected chi connectivity index (χ3v) is 1.97. The first-order chi connectivity index (χ1) is 5.20. The van der Waals surface area contributed by atoms with Gasteiger partial charge >= 0.3 is 5.97 Å². The summed E-state index contributed by atoms with van der Waals surface area (Å²) in [6.07, 6.45) is 0.317. The first-order valence-electron chi connectivity index (χ1n) is 3.49. The molecule has 11 heavy (non-hydrogen) atoms. The van der Waals surface area contributed by atoms with Gasteiger partial charge in [0.05, 0.1) is 5.92 Å². The van der Waals surface area contributed by atoms with E-state index in [1.54, 1.807) is 0 Å². The number of hydrogen-bond donors (Lipinski definition) is 1. The molecular weight excluding hydrogens is 148 g/mol. The van der Waals surface area contributed by atoms with Gasteiger partial charge in [-0.3, -0.25) is 4.79 Å². The van der Waals surface area contributed by atoms with Gasteiger partial charge in [0.15, 0.2) is 6.29 Å². The first kappa shape index (κ1) is 8.49. The second-order valence-corrected chi connectivity index (χ2v) is 2.68. The molecular formula is C7H12O4. The maximum Gasteiger partial charge on any atom is 0.306 e. The Hall–Kier alpha value is -0.610. The summed E-state index contributed by atoms with van der Waals surface area (Å²) in [4.78, 5) is 10.4. The number of carboxylic acids is 1. The van der Waals surface area contributed by atoms with Crippen molar-refractivity contribution in [2.45, 2.75) is 12.7 Å². The van der Waals surface area contributed by atoms with E-state index in [1.807, 2.05) is 0 Å². The van der Waals surface area contributed by atoms with Gasteiger partial charge in [-0.15, -0.1) is 0 Å². The van der Waals surface area contributed by atoms with Crippen molar-refractivity contribution in [3.8, 4) is 0 Å². The average molecular weight is 160 g/mol. The summed E-state index contributed by atoms with van der Waals surface area (Å²) in [5.41, 5.74) is 0. The molecule has 0 aromatic rings. The molecule has 0 spiro atoms. The minimum Gasteiger partial charge on any atom is -0.481 e. The van der Waals surface area contributed by atoms with Crippen LogP contribution in [0.15, 0.2) is 0 Å². The van der Waals surface area contributed by atoms with Crippen molar-refractivity contribution in [1.82, 2.24) is 0 Å². The lowest BCUT2D eigenvalue weighted by Crippen LogP contribution is -2.18. The highest BCUT2D eigenvalue weighted by Crippen LogP contribution is 2.42. The quantitative estimate of drug-likeness (QED) is 0.602. The fraction of sp³-hybridized carbons (Fsp3) is 0.857. The van der Waals surface area contributed by atoms with E-state index in [0.717, 1.165) is 0 Å². The smallest absolute Gasteiger partial charge is 0.306 e. The molecule has 1 N–H and O–H groups in total. The topological polar surface area (TPSA) is 55.8 Å². The molecule has 2 unspecified atom stereocenters. The summed E-state index contributed by atoms with van der Waals surface area (Å²) in [5, 5.41) is 8.55. The number of ether oxygens (including phenoxy) is 2. The van der Waals surface area contributed by atoms with Crippen LogP contribution in [0, 0.1) is 11.8 Å². The Bertz CT molecular complexity index is 153. The van der Waals surface area contributed by atoms with E-state index in [4.69, 9.17) is 14.6 Å². The monoisotopic (exact) mass is 160 g/mol. The van der Waals surface area contributed by atoms with E-state index in [-0.39, 0.29) is 18.1 Å². The highest BCUT2D eigenvalue weighted by Gasteiger charge is 2.48. The van der Waals surface area contributed by atoms with Gasteiger partial charge in [0, 0.05) is 20.1 Å². The van der Waals surface area contributed by atoms with Crippen molar-refractivity contribution in [2.75, 3.05) is 14.2 Å². The molecule has 1 aliphatic carbocycles. The molecule has 0 amide bonds. The highest BCUT2D eigenvalue weighted by atomic mass is 16.7. The summed E-state index contributed by atoms with van der Waals surface area (Å²) in [6, 6.07) is 0. The van der Waals surface area contributed by atoms with Crippen LogP contribution in [0.4, 0.5) is 0 Å². The molecule has 64 valence electrons. The van der Waals surface area contributed by atoms with Crippen molar-refractivity contribution in [1.29, 1.82) is 0 Å². The first-order valence-corrected chi connectivity index (χ1v) is 3.49. The second-order valence-electron chi connectivity index (χ2n) is 2.68. The number of aliphatic carboxylic acids is 1. The van der Waals surface area contributed by atoms with Gasteiger partial charge in [-0.25, -0.2) is 0 Å². The molecule has 0 aromatic carbocycles. The average Bonchev–Trinajstić information content (AvgIpc) is 2.70. The standard InChI is InChI=1S/C7H12O4/c1-10-7(11-2)5-3-4(5)6(8)9/h4-5,7H,3H2,1-2H3,(H,8,9). The Morgan fingerprint density at radius 2 is 2.09 bits per heavy atom. The van der Waals surface area contributed by atoms with Gasteiger partial charge in [0.25, 0.3) is 0 Å². The Morgan fingerprint density at radius 3 is 2.36 bits per heavy atom. The van der Waals surface area contributed by atoms with Crippen LogP contribution in [-0.2, 0) is 14.3 Å². The van der Waals surface area contributed by atoms with Crippen LogP contribution in [-0.4, -0.2) is 31.6 Å². The molecule has 0 radical (unpaired) electrons. The van der Waals surface area contributed by atoms with Crippen LogP contribution in [0.25, 0.3) is 0 Å². The number of hydrogen-bond acceptors (Lipinski definition) is 3. The van der Waals surface area contributed by atoms with E-state index in [1.165, 1.54) is 14.2 Å². The molecule has 0 bridgehead atoms. The van der Waals surface area contributed by atoms with E-state index in [9.17, 15) is 4.79 Å². The van der Waals surface area contributed by atoms with Crippen molar-refractivity contribution in [2.24, 2.45) is 11.8 Å². The Morgan fingerprint density at radius 1 is 1.55 bits per heavy atom. The third kappa shape index (κ3) is 1.70. The van der Waals surface area contributed by atoms with E-state index in [0.29, 0.717) is 6.42 Å². The second kappa shape index (κ2) is 3.19. The van der Waals surface area contributed by atoms with E-state index < -0.39 is 5.97 Å². The number of rotatable bonds is 4. The molecule has 1 fully saturated rings. The van der Waals surface area contributed by atoms with Crippen LogP contribution in [0.2, 0.25) is 0 Å². The molecule has 4 nitrogen and oxygen atoms in total. The number of carbonyl (C=O) groups is 1. The zero-order valence-electron chi connectivity index (χ0n) is 6.61. The summed E-state index contributed by atoms with van der Waals surface area (Å²) in [6.45, 7) is 0. The van der Waals surface area contributed by atoms with Gasteiger partial charge in [0.1, 0.15) is 0 Å². The summed E-state index contributed by atoms with van der Waals surface area (Å²) in [7, 11) is 3.04. The maximum atomic E-state index is 10.4. The van der Waals surface area contributed by atoms with Crippen molar-refractivity contribution in [3.05, 3.63) is 0 Å². The van der Waals surface area contributed by atoms with Crippen molar-refractivity contribution < 1.29 is 19.4 Å². The highest BCUT2D eigenvalue weighted by molar-refractivity contribution is 5.73. The van der Waals surface area contributed by atoms with Gasteiger partial charge in [-0.2, -0.15) is 0 Å². The van der Waals surface area contributed by atoms with Crippen LogP contribution in [0.3, 0.4) is 0 Å². The zero-order chi connectivity index (χ0) is 8.43. The predicted molar refractivity (Wildman–Crippen MR) is 37.0 cm³/mol. The number of methoxy groups -OCH3 is 2. The lowest BCUT2D eigenvalue weighted by atomic mass is 10.3. The summed E-state index contributed by atoms with van der Waals surface area (Å²) < 4.78 is 9.84.